The minimum absolute atomic E-state index is 0.265. The van der Waals surface area contributed by atoms with Gasteiger partial charge in [0.15, 0.2) is 9.84 Å². The summed E-state index contributed by atoms with van der Waals surface area (Å²) in [5, 5.41) is -0.470. The Morgan fingerprint density at radius 1 is 1.21 bits per heavy atom. The van der Waals surface area contributed by atoms with Crippen LogP contribution in [-0.2, 0) is 9.84 Å². The van der Waals surface area contributed by atoms with Crippen LogP contribution in [0.15, 0.2) is 29.2 Å². The van der Waals surface area contributed by atoms with E-state index >= 15 is 0 Å². The van der Waals surface area contributed by atoms with Crippen LogP contribution >= 0.6 is 0 Å². The molecule has 0 aromatic heterocycles. The number of sulfone groups is 1. The molecular formula is C14H21NO3S. The van der Waals surface area contributed by atoms with E-state index in [-0.39, 0.29) is 6.04 Å². The van der Waals surface area contributed by atoms with Crippen molar-refractivity contribution >= 4 is 9.84 Å². The summed E-state index contributed by atoms with van der Waals surface area (Å²) >= 11 is 0. The first-order chi connectivity index (χ1) is 9.05. The smallest absolute Gasteiger partial charge is 0.182 e. The molecule has 1 aliphatic rings. The molecule has 1 aromatic rings. The zero-order valence-corrected chi connectivity index (χ0v) is 12.0. The van der Waals surface area contributed by atoms with Gasteiger partial charge in [-0.1, -0.05) is 25.3 Å². The topological polar surface area (TPSA) is 69.4 Å². The van der Waals surface area contributed by atoms with Crippen LogP contribution in [0.2, 0.25) is 0 Å². The molecule has 1 fully saturated rings. The van der Waals surface area contributed by atoms with Gasteiger partial charge in [-0.15, -0.1) is 0 Å². The number of hydrogen-bond acceptors (Lipinski definition) is 4. The molecule has 1 aliphatic carbocycles. The van der Waals surface area contributed by atoms with E-state index in [1.54, 1.807) is 24.3 Å². The number of nitrogens with two attached hydrogens (primary N) is 1. The van der Waals surface area contributed by atoms with Gasteiger partial charge in [-0.2, -0.15) is 0 Å². The second kappa shape index (κ2) is 5.92. The molecular weight excluding hydrogens is 262 g/mol. The third-order valence-corrected chi connectivity index (χ3v) is 6.07. The first-order valence-corrected chi connectivity index (χ1v) is 8.24. The van der Waals surface area contributed by atoms with Gasteiger partial charge in [0.25, 0.3) is 0 Å². The highest BCUT2D eigenvalue weighted by Gasteiger charge is 2.33. The van der Waals surface area contributed by atoms with Gasteiger partial charge < -0.3 is 10.5 Å². The Bertz CT molecular complexity index is 527. The van der Waals surface area contributed by atoms with Gasteiger partial charge in [0.2, 0.25) is 0 Å². The van der Waals surface area contributed by atoms with E-state index in [2.05, 4.69) is 0 Å². The van der Waals surface area contributed by atoms with Crippen molar-refractivity contribution in [3.05, 3.63) is 24.3 Å². The molecule has 0 amide bonds. The van der Waals surface area contributed by atoms with Gasteiger partial charge >= 0.3 is 0 Å². The van der Waals surface area contributed by atoms with Crippen LogP contribution in [0, 0.1) is 0 Å². The maximum Gasteiger partial charge on any atom is 0.182 e. The van der Waals surface area contributed by atoms with Crippen molar-refractivity contribution in [2.45, 2.75) is 48.3 Å². The third kappa shape index (κ3) is 3.09. The van der Waals surface area contributed by atoms with Gasteiger partial charge in [0, 0.05) is 6.04 Å². The van der Waals surface area contributed by atoms with Gasteiger partial charge in [-0.25, -0.2) is 8.42 Å². The van der Waals surface area contributed by atoms with Crippen LogP contribution in [0.5, 0.6) is 5.75 Å². The van der Waals surface area contributed by atoms with E-state index in [0.717, 1.165) is 25.7 Å². The minimum Gasteiger partial charge on any atom is -0.497 e. The summed E-state index contributed by atoms with van der Waals surface area (Å²) in [6.45, 7) is 0. The summed E-state index contributed by atoms with van der Waals surface area (Å²) in [6, 6.07) is 6.38. The van der Waals surface area contributed by atoms with Crippen molar-refractivity contribution in [2.75, 3.05) is 7.11 Å². The van der Waals surface area contributed by atoms with Crippen molar-refractivity contribution < 1.29 is 13.2 Å². The quantitative estimate of drug-likeness (QED) is 0.863. The van der Waals surface area contributed by atoms with Crippen molar-refractivity contribution in [3.8, 4) is 5.75 Å². The van der Waals surface area contributed by atoms with E-state index in [0.29, 0.717) is 17.1 Å². The van der Waals surface area contributed by atoms with Gasteiger partial charge in [0.1, 0.15) is 5.75 Å². The monoisotopic (exact) mass is 283 g/mol. The lowest BCUT2D eigenvalue weighted by molar-refractivity contribution is 0.413. The molecule has 4 nitrogen and oxygen atoms in total. The van der Waals surface area contributed by atoms with Crippen molar-refractivity contribution in [3.63, 3.8) is 0 Å². The fraction of sp³-hybridized carbons (Fsp3) is 0.571. The molecule has 2 unspecified atom stereocenters. The van der Waals surface area contributed by atoms with Crippen LogP contribution in [0.3, 0.4) is 0 Å². The van der Waals surface area contributed by atoms with Gasteiger partial charge in [-0.05, 0) is 31.0 Å². The molecule has 106 valence electrons. The van der Waals surface area contributed by atoms with E-state index in [1.165, 1.54) is 7.11 Å². The summed E-state index contributed by atoms with van der Waals surface area (Å²) in [7, 11) is -1.84. The van der Waals surface area contributed by atoms with E-state index in [9.17, 15) is 8.42 Å². The fourth-order valence-corrected chi connectivity index (χ4v) is 4.61. The summed E-state index contributed by atoms with van der Waals surface area (Å²) in [6.07, 6.45) is 4.46. The normalized spacial score (nSPS) is 24.7. The molecule has 0 saturated heterocycles. The second-order valence-electron chi connectivity index (χ2n) is 5.06. The number of rotatable bonds is 3. The van der Waals surface area contributed by atoms with E-state index in [1.807, 2.05) is 0 Å². The van der Waals surface area contributed by atoms with Crippen LogP contribution in [0.1, 0.15) is 32.1 Å². The average molecular weight is 283 g/mol. The van der Waals surface area contributed by atoms with Crippen LogP contribution in [-0.4, -0.2) is 26.8 Å². The fourth-order valence-electron chi connectivity index (χ4n) is 2.64. The lowest BCUT2D eigenvalue weighted by Gasteiger charge is -2.21. The Morgan fingerprint density at radius 3 is 2.68 bits per heavy atom. The molecule has 2 N–H and O–H groups in total. The molecule has 5 heteroatoms. The largest absolute Gasteiger partial charge is 0.497 e. The highest BCUT2D eigenvalue weighted by molar-refractivity contribution is 7.92. The zero-order valence-electron chi connectivity index (χ0n) is 11.2. The highest BCUT2D eigenvalue weighted by Crippen LogP contribution is 2.28. The molecule has 0 spiro atoms. The SMILES string of the molecule is COc1cccc(S(=O)(=O)C2CCCCCC2N)c1. The Labute approximate surface area is 114 Å². The average Bonchev–Trinajstić information content (AvgIpc) is 2.64. The third-order valence-electron chi connectivity index (χ3n) is 3.77. The number of methoxy groups -OCH3 is 1. The van der Waals surface area contributed by atoms with Crippen LogP contribution in [0.4, 0.5) is 0 Å². The Kier molecular flexibility index (Phi) is 4.47. The predicted octanol–water partition coefficient (Wildman–Crippen LogP) is 2.13. The summed E-state index contributed by atoms with van der Waals surface area (Å²) in [4.78, 5) is 0.314. The molecule has 1 saturated carbocycles. The Balaban J connectivity index is 2.34. The van der Waals surface area contributed by atoms with Crippen LogP contribution in [0.25, 0.3) is 0 Å². The lowest BCUT2D eigenvalue weighted by atomic mass is 10.1. The summed E-state index contributed by atoms with van der Waals surface area (Å²) in [5.41, 5.74) is 6.06. The van der Waals surface area contributed by atoms with Gasteiger partial charge in [0.05, 0.1) is 17.3 Å². The number of hydrogen-bond donors (Lipinski definition) is 1. The molecule has 0 bridgehead atoms. The molecule has 1 aromatic carbocycles. The summed E-state index contributed by atoms with van der Waals surface area (Å²) in [5.74, 6) is 0.559. The predicted molar refractivity (Wildman–Crippen MR) is 75.0 cm³/mol. The van der Waals surface area contributed by atoms with Crippen molar-refractivity contribution in [1.29, 1.82) is 0 Å². The lowest BCUT2D eigenvalue weighted by Crippen LogP contribution is -2.39. The van der Waals surface area contributed by atoms with E-state index in [4.69, 9.17) is 10.5 Å². The Morgan fingerprint density at radius 2 is 1.95 bits per heavy atom. The number of ether oxygens (including phenoxy) is 1. The molecule has 0 radical (unpaired) electrons. The molecule has 19 heavy (non-hydrogen) atoms. The first-order valence-electron chi connectivity index (χ1n) is 6.69. The van der Waals surface area contributed by atoms with E-state index < -0.39 is 15.1 Å². The minimum atomic E-state index is -3.37. The molecule has 0 heterocycles. The van der Waals surface area contributed by atoms with Crippen LogP contribution < -0.4 is 10.5 Å². The standard InChI is InChI=1S/C14H21NO3S/c1-18-11-6-5-7-12(10-11)19(16,17)14-9-4-2-3-8-13(14)15/h5-7,10,13-14H,2-4,8-9,15H2,1H3. The molecule has 2 rings (SSSR count). The number of benzene rings is 1. The first kappa shape index (κ1) is 14.3. The second-order valence-corrected chi connectivity index (χ2v) is 7.23. The molecule has 0 aliphatic heterocycles. The zero-order chi connectivity index (χ0) is 13.9. The van der Waals surface area contributed by atoms with Gasteiger partial charge in [-0.3, -0.25) is 0 Å². The highest BCUT2D eigenvalue weighted by atomic mass is 32.2. The van der Waals surface area contributed by atoms with Crippen molar-refractivity contribution in [1.82, 2.24) is 0 Å². The maximum atomic E-state index is 12.7. The Hall–Kier alpha value is -1.07. The van der Waals surface area contributed by atoms with Crippen molar-refractivity contribution in [2.24, 2.45) is 5.73 Å². The maximum absolute atomic E-state index is 12.7. The summed E-state index contributed by atoms with van der Waals surface area (Å²) < 4.78 is 30.5. The molecule has 2 atom stereocenters.